The Morgan fingerprint density at radius 1 is 1.29 bits per heavy atom. The fourth-order valence-electron chi connectivity index (χ4n) is 4.12. The van der Waals surface area contributed by atoms with E-state index < -0.39 is 11.5 Å². The summed E-state index contributed by atoms with van der Waals surface area (Å²) in [6, 6.07) is 12.4. The van der Waals surface area contributed by atoms with Crippen LogP contribution < -0.4 is 15.6 Å². The number of fused-ring (bicyclic) bond motifs is 1. The number of hydrogen-bond donors (Lipinski definition) is 1. The van der Waals surface area contributed by atoms with Crippen LogP contribution >= 0.6 is 11.8 Å². The Labute approximate surface area is 202 Å². The minimum Gasteiger partial charge on any atom is -0.475 e. The molecule has 34 heavy (non-hydrogen) atoms. The number of rotatable bonds is 8. The van der Waals surface area contributed by atoms with E-state index in [1.807, 2.05) is 0 Å². The van der Waals surface area contributed by atoms with E-state index in [1.54, 1.807) is 49.6 Å². The minimum atomic E-state index is -0.444. The lowest BCUT2D eigenvalue weighted by Crippen LogP contribution is -2.32. The van der Waals surface area contributed by atoms with Crippen LogP contribution in [0.1, 0.15) is 53.6 Å². The molecule has 1 N–H and O–H groups in total. The van der Waals surface area contributed by atoms with Crippen molar-refractivity contribution in [3.8, 4) is 11.9 Å². The number of hydrogen-bond acceptors (Lipinski definition) is 6. The van der Waals surface area contributed by atoms with Gasteiger partial charge in [-0.25, -0.2) is 4.98 Å². The molecular formula is C26H26N4O3S. The average Bonchev–Trinajstić information content (AvgIpc) is 3.61. The van der Waals surface area contributed by atoms with Gasteiger partial charge in [-0.2, -0.15) is 5.26 Å². The van der Waals surface area contributed by atoms with E-state index in [0.29, 0.717) is 23.6 Å². The summed E-state index contributed by atoms with van der Waals surface area (Å²) in [5.41, 5.74) is 1.67. The van der Waals surface area contributed by atoms with E-state index in [-0.39, 0.29) is 16.9 Å². The molecule has 0 spiro atoms. The Bertz CT molecular complexity index is 1340. The highest BCUT2D eigenvalue weighted by molar-refractivity contribution is 8.01. The average molecular weight is 475 g/mol. The fraction of sp³-hybridized carbons (Fsp3) is 0.385. The normalized spacial score (nSPS) is 16.5. The lowest BCUT2D eigenvalue weighted by molar-refractivity contribution is 0.0949. The molecule has 7 nitrogen and oxygen atoms in total. The highest BCUT2D eigenvalue weighted by Gasteiger charge is 2.47. The summed E-state index contributed by atoms with van der Waals surface area (Å²) in [5, 5.41) is 13.2. The van der Waals surface area contributed by atoms with Crippen LogP contribution in [0.2, 0.25) is 0 Å². The third kappa shape index (κ3) is 4.53. The van der Waals surface area contributed by atoms with Gasteiger partial charge in [-0.3, -0.25) is 9.59 Å². The van der Waals surface area contributed by atoms with Gasteiger partial charge >= 0.3 is 0 Å². The molecule has 2 fully saturated rings. The topological polar surface area (TPSA) is 97.0 Å². The predicted molar refractivity (Wildman–Crippen MR) is 132 cm³/mol. The van der Waals surface area contributed by atoms with E-state index >= 15 is 0 Å². The molecule has 2 aliphatic carbocycles. The van der Waals surface area contributed by atoms with Crippen molar-refractivity contribution in [1.82, 2.24) is 14.9 Å². The van der Waals surface area contributed by atoms with E-state index in [4.69, 9.17) is 10.00 Å². The lowest BCUT2D eigenvalue weighted by Gasteiger charge is -2.29. The van der Waals surface area contributed by atoms with Crippen molar-refractivity contribution in [2.75, 3.05) is 6.61 Å². The molecule has 8 heteroatoms. The summed E-state index contributed by atoms with van der Waals surface area (Å²) in [5.74, 6) is -0.0119. The first-order valence-electron chi connectivity index (χ1n) is 11.5. The monoisotopic (exact) mass is 474 g/mol. The number of carbonyl (C=O) groups is 1. The summed E-state index contributed by atoms with van der Waals surface area (Å²) in [6.07, 6.45) is 7.87. The second-order valence-corrected chi connectivity index (χ2v) is 10.9. The molecule has 0 bridgehead atoms. The van der Waals surface area contributed by atoms with E-state index in [1.165, 1.54) is 23.8 Å². The second kappa shape index (κ2) is 9.15. The van der Waals surface area contributed by atoms with Gasteiger partial charge in [-0.05, 0) is 55.5 Å². The molecule has 5 rings (SSSR count). The van der Waals surface area contributed by atoms with Crippen LogP contribution in [0.25, 0.3) is 10.9 Å². The maximum Gasteiger partial charge on any atom is 0.263 e. The number of pyridine rings is 2. The zero-order chi connectivity index (χ0) is 23.7. The van der Waals surface area contributed by atoms with Crippen LogP contribution in [-0.4, -0.2) is 32.1 Å². The number of aromatic nitrogens is 2. The number of ether oxygens (including phenoxy) is 1. The second-order valence-electron chi connectivity index (χ2n) is 9.11. The molecule has 1 amide bonds. The third-order valence-corrected chi connectivity index (χ3v) is 8.45. The molecule has 2 heterocycles. The van der Waals surface area contributed by atoms with Crippen molar-refractivity contribution >= 4 is 28.6 Å². The number of carbonyl (C=O) groups excluding carboxylic acids is 1. The van der Waals surface area contributed by atoms with Gasteiger partial charge in [0.05, 0.1) is 16.4 Å². The summed E-state index contributed by atoms with van der Waals surface area (Å²) in [6.45, 7) is 0.846. The van der Waals surface area contributed by atoms with Gasteiger partial charge in [0.15, 0.2) is 0 Å². The Morgan fingerprint density at radius 3 is 2.71 bits per heavy atom. The van der Waals surface area contributed by atoms with Crippen molar-refractivity contribution in [3.63, 3.8) is 0 Å². The summed E-state index contributed by atoms with van der Waals surface area (Å²) < 4.78 is 7.79. The van der Waals surface area contributed by atoms with E-state index in [2.05, 4.69) is 28.1 Å². The Kier molecular flexibility index (Phi) is 6.05. The maximum atomic E-state index is 13.1. The SMILES string of the molecule is Cn1c(=O)c(C(=O)NCc2ccc(C#N)cc2)cc2ccnc(OCC3(SC4CCC4)CC3)c21. The molecule has 0 aliphatic heterocycles. The van der Waals surface area contributed by atoms with Crippen LogP contribution in [0.3, 0.4) is 0 Å². The first kappa shape index (κ1) is 22.5. The van der Waals surface area contributed by atoms with Crippen LogP contribution in [0.5, 0.6) is 5.88 Å². The van der Waals surface area contributed by atoms with E-state index in [0.717, 1.165) is 29.0 Å². The van der Waals surface area contributed by atoms with Crippen molar-refractivity contribution in [3.05, 3.63) is 69.6 Å². The van der Waals surface area contributed by atoms with Gasteiger partial charge in [0, 0.05) is 30.4 Å². The fourth-order valence-corrected chi connectivity index (χ4v) is 5.86. The summed E-state index contributed by atoms with van der Waals surface area (Å²) >= 11 is 2.05. The lowest BCUT2D eigenvalue weighted by atomic mass is 10.00. The Balaban J connectivity index is 1.33. The van der Waals surface area contributed by atoms with Gasteiger partial charge < -0.3 is 14.6 Å². The zero-order valence-corrected chi connectivity index (χ0v) is 19.9. The van der Waals surface area contributed by atoms with Crippen molar-refractivity contribution in [1.29, 1.82) is 5.26 Å². The van der Waals surface area contributed by atoms with Crippen molar-refractivity contribution in [2.45, 2.75) is 48.6 Å². The van der Waals surface area contributed by atoms with Gasteiger partial charge in [0.2, 0.25) is 5.88 Å². The third-order valence-electron chi connectivity index (χ3n) is 6.62. The number of thioether (sulfide) groups is 1. The molecule has 3 aromatic rings. The summed E-state index contributed by atoms with van der Waals surface area (Å²) in [4.78, 5) is 30.3. The maximum absolute atomic E-state index is 13.1. The largest absolute Gasteiger partial charge is 0.475 e. The van der Waals surface area contributed by atoms with Crippen LogP contribution in [0.15, 0.2) is 47.4 Å². The smallest absolute Gasteiger partial charge is 0.263 e. The number of nitrogens with one attached hydrogen (secondary N) is 1. The summed E-state index contributed by atoms with van der Waals surface area (Å²) in [7, 11) is 1.65. The van der Waals surface area contributed by atoms with Crippen LogP contribution in [-0.2, 0) is 13.6 Å². The van der Waals surface area contributed by atoms with Crippen molar-refractivity contribution < 1.29 is 9.53 Å². The number of nitriles is 1. The Morgan fingerprint density at radius 2 is 2.06 bits per heavy atom. The van der Waals surface area contributed by atoms with E-state index in [9.17, 15) is 9.59 Å². The standard InChI is InChI=1S/C26H26N4O3S/c1-30-22-19(9-12-28-24(22)33-16-26(10-11-26)34-20-3-2-4-20)13-21(25(30)32)23(31)29-15-18-7-5-17(14-27)6-8-18/h5-9,12-13,20H,2-4,10-11,15-16H2,1H3,(H,29,31). The predicted octanol–water partition coefficient (Wildman–Crippen LogP) is 3.93. The number of benzene rings is 1. The molecule has 0 saturated heterocycles. The number of aryl methyl sites for hydroxylation is 1. The highest BCUT2D eigenvalue weighted by atomic mass is 32.2. The first-order valence-corrected chi connectivity index (χ1v) is 12.4. The van der Waals surface area contributed by atoms with Gasteiger partial charge in [0.25, 0.3) is 11.5 Å². The Hall–Kier alpha value is -3.31. The molecule has 0 radical (unpaired) electrons. The molecule has 2 aromatic heterocycles. The number of nitrogens with zero attached hydrogens (tertiary/aromatic N) is 3. The number of amides is 1. The molecule has 2 aliphatic rings. The quantitative estimate of drug-likeness (QED) is 0.531. The van der Waals surface area contributed by atoms with Gasteiger partial charge in [-0.15, -0.1) is 11.8 Å². The molecule has 174 valence electrons. The molecule has 1 aromatic carbocycles. The van der Waals surface area contributed by atoms with Gasteiger partial charge in [-0.1, -0.05) is 18.6 Å². The van der Waals surface area contributed by atoms with Crippen LogP contribution in [0, 0.1) is 11.3 Å². The molecule has 0 unspecified atom stereocenters. The van der Waals surface area contributed by atoms with Crippen LogP contribution in [0.4, 0.5) is 0 Å². The van der Waals surface area contributed by atoms with Gasteiger partial charge in [0.1, 0.15) is 17.7 Å². The zero-order valence-electron chi connectivity index (χ0n) is 19.0. The minimum absolute atomic E-state index is 0.0694. The highest BCUT2D eigenvalue weighted by Crippen LogP contribution is 2.53. The molecule has 2 saturated carbocycles. The molecular weight excluding hydrogens is 448 g/mol. The molecule has 0 atom stereocenters. The van der Waals surface area contributed by atoms with Crippen molar-refractivity contribution in [2.24, 2.45) is 7.05 Å². The first-order chi connectivity index (χ1) is 16.5.